The number of rotatable bonds is 6. The van der Waals surface area contributed by atoms with E-state index in [1.54, 1.807) is 17.4 Å². The fourth-order valence-electron chi connectivity index (χ4n) is 3.13. The van der Waals surface area contributed by atoms with Crippen LogP contribution in [0.2, 0.25) is 0 Å². The summed E-state index contributed by atoms with van der Waals surface area (Å²) in [4.78, 5) is 1.01. The molecule has 3 heterocycles. The van der Waals surface area contributed by atoms with Crippen LogP contribution in [0.25, 0.3) is 10.7 Å². The van der Waals surface area contributed by atoms with Crippen LogP contribution in [0, 0.1) is 0 Å². The third-order valence-corrected chi connectivity index (χ3v) is 6.39. The first-order chi connectivity index (χ1) is 13.5. The largest absolute Gasteiger partial charge is 0.416 e. The average molecular weight is 426 g/mol. The van der Waals surface area contributed by atoms with Gasteiger partial charge in [0.1, 0.15) is 0 Å². The summed E-state index contributed by atoms with van der Waals surface area (Å²) in [5.74, 6) is 1.16. The Labute approximate surface area is 168 Å². The molecule has 9 heteroatoms. The Balaban J connectivity index is 1.56. The van der Waals surface area contributed by atoms with Crippen LogP contribution in [0.5, 0.6) is 0 Å². The predicted octanol–water partition coefficient (Wildman–Crippen LogP) is 5.50. The molecule has 1 aromatic carbocycles. The molecule has 0 aliphatic carbocycles. The zero-order chi connectivity index (χ0) is 19.6. The summed E-state index contributed by atoms with van der Waals surface area (Å²) in [7, 11) is 0. The summed E-state index contributed by atoms with van der Waals surface area (Å²) in [6, 6.07) is 9.36. The van der Waals surface area contributed by atoms with Crippen LogP contribution in [-0.2, 0) is 23.2 Å². The van der Waals surface area contributed by atoms with E-state index in [1.165, 1.54) is 23.9 Å². The number of nitrogens with zero attached hydrogens (tertiary/aromatic N) is 3. The Hall–Kier alpha value is -1.84. The van der Waals surface area contributed by atoms with Crippen molar-refractivity contribution < 1.29 is 17.9 Å². The van der Waals surface area contributed by atoms with E-state index < -0.39 is 11.7 Å². The number of thioether (sulfide) groups is 1. The Bertz CT molecular complexity index is 919. The Morgan fingerprint density at radius 2 is 2.11 bits per heavy atom. The number of halogens is 3. The molecule has 4 rings (SSSR count). The molecule has 0 N–H and O–H groups in total. The molecule has 0 amide bonds. The van der Waals surface area contributed by atoms with Gasteiger partial charge in [-0.3, -0.25) is 4.57 Å². The van der Waals surface area contributed by atoms with Crippen LogP contribution >= 0.6 is 23.1 Å². The smallest absolute Gasteiger partial charge is 0.376 e. The fraction of sp³-hybridized carbons (Fsp3) is 0.368. The van der Waals surface area contributed by atoms with Crippen LogP contribution < -0.4 is 0 Å². The molecule has 1 atom stereocenters. The topological polar surface area (TPSA) is 39.9 Å². The van der Waals surface area contributed by atoms with E-state index in [1.807, 2.05) is 22.1 Å². The summed E-state index contributed by atoms with van der Waals surface area (Å²) < 4.78 is 46.6. The van der Waals surface area contributed by atoms with Gasteiger partial charge in [-0.2, -0.15) is 13.2 Å². The van der Waals surface area contributed by atoms with E-state index in [9.17, 15) is 13.2 Å². The van der Waals surface area contributed by atoms with Crippen molar-refractivity contribution in [2.45, 2.75) is 42.6 Å². The van der Waals surface area contributed by atoms with E-state index in [4.69, 9.17) is 4.74 Å². The second-order valence-electron chi connectivity index (χ2n) is 6.52. The summed E-state index contributed by atoms with van der Waals surface area (Å²) in [5.41, 5.74) is -0.0325. The van der Waals surface area contributed by atoms with Crippen LogP contribution in [0.4, 0.5) is 13.2 Å². The summed E-state index contributed by atoms with van der Waals surface area (Å²) in [5, 5.41) is 11.3. The van der Waals surface area contributed by atoms with Crippen molar-refractivity contribution in [3.63, 3.8) is 0 Å². The average Bonchev–Trinajstić information content (AvgIpc) is 3.42. The standard InChI is InChI=1S/C19H18F3N3OS2/c20-19(21,22)14-5-1-4-13(10-14)12-28-18-24-23-17(16-7-3-9-27-16)25(18)11-15-6-2-8-26-15/h1,3-5,7,9-10,15H,2,6,8,11-12H2. The zero-order valence-electron chi connectivity index (χ0n) is 14.9. The van der Waals surface area contributed by atoms with Crippen molar-refractivity contribution in [3.8, 4) is 10.7 Å². The molecule has 0 spiro atoms. The van der Waals surface area contributed by atoms with Crippen molar-refractivity contribution in [1.29, 1.82) is 0 Å². The quantitative estimate of drug-likeness (QED) is 0.489. The first kappa shape index (κ1) is 19.5. The minimum atomic E-state index is -4.34. The molecular weight excluding hydrogens is 407 g/mol. The maximum atomic E-state index is 12.9. The third-order valence-electron chi connectivity index (χ3n) is 4.49. The van der Waals surface area contributed by atoms with Gasteiger partial charge in [-0.05, 0) is 35.9 Å². The minimum absolute atomic E-state index is 0.114. The maximum Gasteiger partial charge on any atom is 0.416 e. The molecule has 0 radical (unpaired) electrons. The second-order valence-corrected chi connectivity index (χ2v) is 8.41. The second kappa shape index (κ2) is 8.26. The van der Waals surface area contributed by atoms with E-state index in [0.717, 1.165) is 36.2 Å². The highest BCUT2D eigenvalue weighted by Gasteiger charge is 2.30. The maximum absolute atomic E-state index is 12.9. The highest BCUT2D eigenvalue weighted by atomic mass is 32.2. The van der Waals surface area contributed by atoms with Crippen LogP contribution in [0.15, 0.2) is 46.9 Å². The molecule has 4 nitrogen and oxygen atoms in total. The molecule has 0 saturated carbocycles. The van der Waals surface area contributed by atoms with Crippen molar-refractivity contribution >= 4 is 23.1 Å². The summed E-state index contributed by atoms with van der Waals surface area (Å²) in [6.07, 6.45) is -2.21. The SMILES string of the molecule is FC(F)(F)c1cccc(CSc2nnc(-c3cccs3)n2CC2CCCO2)c1. The number of ether oxygens (including phenoxy) is 1. The molecule has 0 bridgehead atoms. The van der Waals surface area contributed by atoms with Crippen molar-refractivity contribution in [3.05, 3.63) is 52.9 Å². The minimum Gasteiger partial charge on any atom is -0.376 e. The molecule has 1 aliphatic heterocycles. The van der Waals surface area contributed by atoms with Gasteiger partial charge in [0.25, 0.3) is 0 Å². The number of hydrogen-bond donors (Lipinski definition) is 0. The summed E-state index contributed by atoms with van der Waals surface area (Å²) >= 11 is 2.97. The third kappa shape index (κ3) is 4.42. The van der Waals surface area contributed by atoms with Crippen LogP contribution in [0.1, 0.15) is 24.0 Å². The Morgan fingerprint density at radius 1 is 1.21 bits per heavy atom. The van der Waals surface area contributed by atoms with E-state index in [-0.39, 0.29) is 6.10 Å². The van der Waals surface area contributed by atoms with E-state index >= 15 is 0 Å². The van der Waals surface area contributed by atoms with E-state index in [0.29, 0.717) is 23.0 Å². The van der Waals surface area contributed by atoms with Gasteiger partial charge in [-0.1, -0.05) is 36.0 Å². The van der Waals surface area contributed by atoms with Gasteiger partial charge >= 0.3 is 6.18 Å². The number of aromatic nitrogens is 3. The molecule has 2 aromatic heterocycles. The predicted molar refractivity (Wildman–Crippen MR) is 103 cm³/mol. The van der Waals surface area contributed by atoms with Gasteiger partial charge in [0.15, 0.2) is 11.0 Å². The highest BCUT2D eigenvalue weighted by Crippen LogP contribution is 2.33. The molecule has 148 valence electrons. The zero-order valence-corrected chi connectivity index (χ0v) is 16.5. The van der Waals surface area contributed by atoms with E-state index in [2.05, 4.69) is 10.2 Å². The lowest BCUT2D eigenvalue weighted by Crippen LogP contribution is -2.16. The molecular formula is C19H18F3N3OS2. The van der Waals surface area contributed by atoms with Gasteiger partial charge in [-0.15, -0.1) is 21.5 Å². The Morgan fingerprint density at radius 3 is 2.82 bits per heavy atom. The van der Waals surface area contributed by atoms with Gasteiger partial charge < -0.3 is 4.74 Å². The fourth-order valence-corrected chi connectivity index (χ4v) is 4.73. The van der Waals surface area contributed by atoms with Crippen molar-refractivity contribution in [2.24, 2.45) is 0 Å². The molecule has 1 saturated heterocycles. The number of alkyl halides is 3. The summed E-state index contributed by atoms with van der Waals surface area (Å²) in [6.45, 7) is 1.40. The van der Waals surface area contributed by atoms with Crippen molar-refractivity contribution in [1.82, 2.24) is 14.8 Å². The monoisotopic (exact) mass is 425 g/mol. The van der Waals surface area contributed by atoms with Gasteiger partial charge in [-0.25, -0.2) is 0 Å². The van der Waals surface area contributed by atoms with Gasteiger partial charge in [0.05, 0.1) is 23.1 Å². The van der Waals surface area contributed by atoms with Crippen LogP contribution in [0.3, 0.4) is 0 Å². The molecule has 1 fully saturated rings. The lowest BCUT2D eigenvalue weighted by atomic mass is 10.1. The molecule has 3 aromatic rings. The number of benzene rings is 1. The van der Waals surface area contributed by atoms with Gasteiger partial charge in [0.2, 0.25) is 0 Å². The lowest BCUT2D eigenvalue weighted by molar-refractivity contribution is -0.137. The highest BCUT2D eigenvalue weighted by molar-refractivity contribution is 7.98. The van der Waals surface area contributed by atoms with Crippen LogP contribution in [-0.4, -0.2) is 27.5 Å². The number of thiophene rings is 1. The van der Waals surface area contributed by atoms with Crippen molar-refractivity contribution in [2.75, 3.05) is 6.61 Å². The molecule has 28 heavy (non-hydrogen) atoms. The van der Waals surface area contributed by atoms with Gasteiger partial charge in [0, 0.05) is 12.4 Å². The molecule has 1 unspecified atom stereocenters. The lowest BCUT2D eigenvalue weighted by Gasteiger charge is -2.14. The first-order valence-corrected chi connectivity index (χ1v) is 10.7. The number of hydrogen-bond acceptors (Lipinski definition) is 5. The Kier molecular flexibility index (Phi) is 5.75. The first-order valence-electron chi connectivity index (χ1n) is 8.88. The normalized spacial score (nSPS) is 17.3. The molecule has 1 aliphatic rings.